The first-order valence-corrected chi connectivity index (χ1v) is 12.9. The average molecular weight is 599 g/mol. The van der Waals surface area contributed by atoms with Crippen LogP contribution >= 0.6 is 0 Å². The maximum absolute atomic E-state index is 11.3. The van der Waals surface area contributed by atoms with Crippen LogP contribution in [0.3, 0.4) is 0 Å². The number of aliphatic hydroxyl groups is 2. The Morgan fingerprint density at radius 1 is 0.732 bits per heavy atom. The van der Waals surface area contributed by atoms with Crippen LogP contribution in [-0.4, -0.2) is 157 Å². The van der Waals surface area contributed by atoms with Gasteiger partial charge in [-0.05, 0) is 0 Å². The molecule has 9 atom stereocenters. The topological polar surface area (TPSA) is 212 Å². The highest BCUT2D eigenvalue weighted by atomic mass is 16.9. The maximum atomic E-state index is 11.3. The van der Waals surface area contributed by atoms with E-state index in [2.05, 4.69) is 0 Å². The van der Waals surface area contributed by atoms with Crippen molar-refractivity contribution in [2.24, 2.45) is 0 Å². The lowest BCUT2D eigenvalue weighted by atomic mass is 10.0. The molecule has 234 valence electrons. The molecule has 0 aliphatic carbocycles. The minimum absolute atomic E-state index is 0.00385. The Hall–Kier alpha value is -2.55. The molecule has 4 heterocycles. The number of ether oxygens (including phenoxy) is 13. The van der Waals surface area contributed by atoms with Gasteiger partial charge in [0, 0.05) is 7.11 Å². The molecule has 0 amide bonds. The molecule has 18 heteroatoms. The standard InChI is InChI=1S/C23H34O18/c1-29-23-37-9-15(41-23)4-32-17(11-31-3-13-7-35-21(27)39-13)18(25)19(33-5-14-8-36-22(28)40-14)16(24)10-30-2-12-6-34-20(26)38-12/h12-19,23-25H,2-11H2,1H3. The Morgan fingerprint density at radius 3 is 1.78 bits per heavy atom. The summed E-state index contributed by atoms with van der Waals surface area (Å²) in [6, 6.07) is 0. The third kappa shape index (κ3) is 9.76. The first-order valence-electron chi connectivity index (χ1n) is 12.9. The SMILES string of the molecule is COC1OCC(COC(COCC2COC(=O)O2)C(O)C(OCC2COC(=O)O2)C(O)COCC2COC(=O)O2)O1. The van der Waals surface area contributed by atoms with Crippen LogP contribution in [0.4, 0.5) is 14.4 Å². The summed E-state index contributed by atoms with van der Waals surface area (Å²) in [4.78, 5) is 33.6. The molecule has 0 radical (unpaired) electrons. The van der Waals surface area contributed by atoms with E-state index in [4.69, 9.17) is 61.6 Å². The smallest absolute Gasteiger partial charge is 0.430 e. The molecule has 41 heavy (non-hydrogen) atoms. The van der Waals surface area contributed by atoms with E-state index in [0.29, 0.717) is 0 Å². The van der Waals surface area contributed by atoms with Crippen LogP contribution in [-0.2, 0) is 61.6 Å². The molecule has 4 aliphatic rings. The first-order chi connectivity index (χ1) is 19.8. The molecule has 0 spiro atoms. The summed E-state index contributed by atoms with van der Waals surface area (Å²) in [5, 5.41) is 22.3. The number of rotatable bonds is 18. The van der Waals surface area contributed by atoms with E-state index in [1.165, 1.54) is 7.11 Å². The van der Waals surface area contributed by atoms with Gasteiger partial charge in [-0.3, -0.25) is 0 Å². The minimum Gasteiger partial charge on any atom is -0.430 e. The molecular weight excluding hydrogens is 564 g/mol. The summed E-state index contributed by atoms with van der Waals surface area (Å²) < 4.78 is 67.5. The molecule has 4 saturated heterocycles. The Balaban J connectivity index is 1.37. The van der Waals surface area contributed by atoms with Crippen molar-refractivity contribution in [3.8, 4) is 0 Å². The van der Waals surface area contributed by atoms with E-state index >= 15 is 0 Å². The van der Waals surface area contributed by atoms with E-state index < -0.39 is 73.8 Å². The van der Waals surface area contributed by atoms with E-state index in [-0.39, 0.29) is 66.1 Å². The second kappa shape index (κ2) is 15.6. The molecule has 9 unspecified atom stereocenters. The number of carbonyl (C=O) groups is 3. The van der Waals surface area contributed by atoms with Crippen molar-refractivity contribution in [3.05, 3.63) is 0 Å². The fourth-order valence-corrected chi connectivity index (χ4v) is 4.05. The molecule has 0 aromatic rings. The van der Waals surface area contributed by atoms with Crippen LogP contribution in [0.25, 0.3) is 0 Å². The summed E-state index contributed by atoms with van der Waals surface area (Å²) >= 11 is 0. The third-order valence-corrected chi connectivity index (χ3v) is 6.11. The zero-order valence-electron chi connectivity index (χ0n) is 22.2. The van der Waals surface area contributed by atoms with Gasteiger partial charge in [-0.2, -0.15) is 0 Å². The van der Waals surface area contributed by atoms with Crippen molar-refractivity contribution in [2.75, 3.05) is 73.2 Å². The summed E-state index contributed by atoms with van der Waals surface area (Å²) in [6.07, 6.45) is -10.5. The van der Waals surface area contributed by atoms with Crippen LogP contribution in [0.15, 0.2) is 0 Å². The molecule has 2 N–H and O–H groups in total. The molecule has 18 nitrogen and oxygen atoms in total. The number of hydrogen-bond acceptors (Lipinski definition) is 18. The highest BCUT2D eigenvalue weighted by Crippen LogP contribution is 2.19. The lowest BCUT2D eigenvalue weighted by Crippen LogP contribution is -2.51. The van der Waals surface area contributed by atoms with Gasteiger partial charge in [-0.25, -0.2) is 14.4 Å². The first kappa shape index (κ1) is 31.4. The largest absolute Gasteiger partial charge is 0.508 e. The molecular formula is C23H34O18. The van der Waals surface area contributed by atoms with Gasteiger partial charge in [0.2, 0.25) is 0 Å². The van der Waals surface area contributed by atoms with Gasteiger partial charge in [0.25, 0.3) is 6.48 Å². The van der Waals surface area contributed by atoms with E-state index in [1.54, 1.807) is 0 Å². The van der Waals surface area contributed by atoms with Gasteiger partial charge in [0.05, 0.1) is 46.2 Å². The van der Waals surface area contributed by atoms with Crippen molar-refractivity contribution in [1.82, 2.24) is 0 Å². The van der Waals surface area contributed by atoms with Gasteiger partial charge in [-0.15, -0.1) is 0 Å². The van der Waals surface area contributed by atoms with Crippen LogP contribution in [0, 0.1) is 0 Å². The zero-order valence-corrected chi connectivity index (χ0v) is 22.2. The van der Waals surface area contributed by atoms with E-state index in [0.717, 1.165) is 0 Å². The maximum Gasteiger partial charge on any atom is 0.508 e. The van der Waals surface area contributed by atoms with Crippen LogP contribution in [0.2, 0.25) is 0 Å². The van der Waals surface area contributed by atoms with Gasteiger partial charge < -0.3 is 71.8 Å². The van der Waals surface area contributed by atoms with Crippen LogP contribution in [0.1, 0.15) is 0 Å². The highest BCUT2D eigenvalue weighted by molar-refractivity contribution is 5.62. The third-order valence-electron chi connectivity index (χ3n) is 6.11. The summed E-state index contributed by atoms with van der Waals surface area (Å²) in [6.45, 7) is -1.75. The van der Waals surface area contributed by atoms with Gasteiger partial charge in [0.15, 0.2) is 18.3 Å². The number of aliphatic hydroxyl groups excluding tert-OH is 2. The second-order valence-electron chi connectivity index (χ2n) is 9.32. The fraction of sp³-hybridized carbons (Fsp3) is 0.870. The molecule has 4 aliphatic heterocycles. The van der Waals surface area contributed by atoms with Crippen LogP contribution in [0.5, 0.6) is 0 Å². The second-order valence-corrected chi connectivity index (χ2v) is 9.32. The average Bonchev–Trinajstić information content (AvgIpc) is 3.76. The molecule has 0 bridgehead atoms. The number of carbonyl (C=O) groups excluding carboxylic acids is 3. The van der Waals surface area contributed by atoms with Crippen molar-refractivity contribution in [2.45, 2.75) is 55.3 Å². The van der Waals surface area contributed by atoms with Crippen molar-refractivity contribution < 1.29 is 86.2 Å². The summed E-state index contributed by atoms with van der Waals surface area (Å²) in [5.41, 5.74) is 0. The fourth-order valence-electron chi connectivity index (χ4n) is 4.05. The van der Waals surface area contributed by atoms with Gasteiger partial charge in [0.1, 0.15) is 50.3 Å². The highest BCUT2D eigenvalue weighted by Gasteiger charge is 2.38. The summed E-state index contributed by atoms with van der Waals surface area (Å²) in [7, 11) is 1.41. The lowest BCUT2D eigenvalue weighted by Gasteiger charge is -2.33. The summed E-state index contributed by atoms with van der Waals surface area (Å²) in [5.74, 6) is 0. The lowest BCUT2D eigenvalue weighted by molar-refractivity contribution is -0.229. The van der Waals surface area contributed by atoms with Gasteiger partial charge >= 0.3 is 18.5 Å². The Morgan fingerprint density at radius 2 is 1.27 bits per heavy atom. The van der Waals surface area contributed by atoms with Crippen LogP contribution < -0.4 is 0 Å². The molecule has 0 aromatic carbocycles. The minimum atomic E-state index is -1.53. The molecule has 0 saturated carbocycles. The normalized spacial score (nSPS) is 30.5. The zero-order chi connectivity index (χ0) is 29.2. The number of methoxy groups -OCH3 is 1. The van der Waals surface area contributed by atoms with Crippen molar-refractivity contribution in [3.63, 3.8) is 0 Å². The monoisotopic (exact) mass is 598 g/mol. The Kier molecular flexibility index (Phi) is 12.0. The number of cyclic esters (lactones) is 6. The van der Waals surface area contributed by atoms with Gasteiger partial charge in [-0.1, -0.05) is 0 Å². The van der Waals surface area contributed by atoms with Crippen molar-refractivity contribution >= 4 is 18.5 Å². The van der Waals surface area contributed by atoms with E-state index in [1.807, 2.05) is 0 Å². The predicted octanol–water partition coefficient (Wildman–Crippen LogP) is -1.54. The Bertz CT molecular complexity index is 856. The van der Waals surface area contributed by atoms with Crippen molar-refractivity contribution in [1.29, 1.82) is 0 Å². The quantitative estimate of drug-likeness (QED) is 0.135. The molecule has 4 rings (SSSR count). The molecule has 4 fully saturated rings. The molecule has 0 aromatic heterocycles. The van der Waals surface area contributed by atoms with E-state index in [9.17, 15) is 24.6 Å². The Labute approximate surface area is 233 Å². The number of hydrogen-bond donors (Lipinski definition) is 2. The predicted molar refractivity (Wildman–Crippen MR) is 123 cm³/mol.